The minimum absolute atomic E-state index is 0. The molecule has 1 aromatic carbocycles. The van der Waals surface area contributed by atoms with Gasteiger partial charge < -0.3 is 5.32 Å². The van der Waals surface area contributed by atoms with Gasteiger partial charge in [-0.15, -0.1) is 36.6 Å². The first-order chi connectivity index (χ1) is 9.83. The van der Waals surface area contributed by atoms with Crippen molar-refractivity contribution in [3.05, 3.63) is 60.4 Å². The van der Waals surface area contributed by atoms with Crippen molar-refractivity contribution in [2.45, 2.75) is 11.4 Å². The molecule has 1 saturated heterocycles. The molecule has 2 aromatic rings. The Bertz CT molecular complexity index is 586. The molecule has 1 fully saturated rings. The summed E-state index contributed by atoms with van der Waals surface area (Å²) in [5, 5.41) is 6.40. The third-order valence-corrected chi connectivity index (χ3v) is 4.39. The summed E-state index contributed by atoms with van der Waals surface area (Å²) < 4.78 is 0. The van der Waals surface area contributed by atoms with Crippen molar-refractivity contribution in [2.24, 2.45) is 0 Å². The number of para-hydroxylation sites is 1. The van der Waals surface area contributed by atoms with Gasteiger partial charge >= 0.3 is 0 Å². The molecule has 2 atom stereocenters. The molecular formula is C15H17Cl2N3OS. The van der Waals surface area contributed by atoms with Gasteiger partial charge in [-0.25, -0.2) is 0 Å². The standard InChI is InChI=1S/C15H15N3OS.2ClH/c19-14(17-12-6-2-1-3-7-12)13-10-20-15(18-13)11-5-4-8-16-9-11;;/h1-9,13,15,18H,10H2,(H,17,19);2*1H. The van der Waals surface area contributed by atoms with Gasteiger partial charge in [-0.2, -0.15) is 0 Å². The van der Waals surface area contributed by atoms with Crippen molar-refractivity contribution in [3.8, 4) is 0 Å². The topological polar surface area (TPSA) is 54.0 Å². The number of nitrogens with zero attached hydrogens (tertiary/aromatic N) is 1. The average molecular weight is 358 g/mol. The quantitative estimate of drug-likeness (QED) is 0.884. The Hall–Kier alpha value is -1.27. The van der Waals surface area contributed by atoms with Gasteiger partial charge in [-0.05, 0) is 23.8 Å². The maximum absolute atomic E-state index is 12.2. The van der Waals surface area contributed by atoms with Crippen LogP contribution in [0.2, 0.25) is 0 Å². The van der Waals surface area contributed by atoms with Gasteiger partial charge in [0.1, 0.15) is 0 Å². The van der Waals surface area contributed by atoms with Crippen LogP contribution in [-0.4, -0.2) is 22.7 Å². The number of anilines is 1. The van der Waals surface area contributed by atoms with E-state index in [2.05, 4.69) is 15.6 Å². The van der Waals surface area contributed by atoms with Crippen LogP contribution in [-0.2, 0) is 4.79 Å². The van der Waals surface area contributed by atoms with E-state index in [1.54, 1.807) is 18.0 Å². The predicted molar refractivity (Wildman–Crippen MR) is 95.9 cm³/mol. The molecule has 0 spiro atoms. The van der Waals surface area contributed by atoms with E-state index in [1.807, 2.05) is 48.7 Å². The molecule has 1 aliphatic heterocycles. The van der Waals surface area contributed by atoms with Crippen molar-refractivity contribution in [1.82, 2.24) is 10.3 Å². The highest BCUT2D eigenvalue weighted by Crippen LogP contribution is 2.32. The van der Waals surface area contributed by atoms with E-state index in [4.69, 9.17) is 0 Å². The zero-order valence-electron chi connectivity index (χ0n) is 11.6. The van der Waals surface area contributed by atoms with Gasteiger partial charge in [-0.1, -0.05) is 24.3 Å². The lowest BCUT2D eigenvalue weighted by atomic mass is 10.2. The number of halogens is 2. The van der Waals surface area contributed by atoms with Gasteiger partial charge in [0.25, 0.3) is 0 Å². The third-order valence-electron chi connectivity index (χ3n) is 3.13. The first-order valence-electron chi connectivity index (χ1n) is 6.46. The van der Waals surface area contributed by atoms with Crippen LogP contribution in [0.3, 0.4) is 0 Å². The lowest BCUT2D eigenvalue weighted by molar-refractivity contribution is -0.117. The number of benzene rings is 1. The minimum Gasteiger partial charge on any atom is -0.325 e. The Morgan fingerprint density at radius 1 is 1.18 bits per heavy atom. The fourth-order valence-electron chi connectivity index (χ4n) is 2.10. The highest BCUT2D eigenvalue weighted by atomic mass is 35.5. The number of carbonyl (C=O) groups excluding carboxylic acids is 1. The van der Waals surface area contributed by atoms with E-state index in [1.165, 1.54) is 0 Å². The second-order valence-corrected chi connectivity index (χ2v) is 5.71. The molecule has 4 nitrogen and oxygen atoms in total. The van der Waals surface area contributed by atoms with Gasteiger partial charge in [0, 0.05) is 23.8 Å². The Labute approximate surface area is 146 Å². The molecule has 1 aromatic heterocycles. The molecule has 118 valence electrons. The zero-order chi connectivity index (χ0) is 13.8. The van der Waals surface area contributed by atoms with Crippen molar-refractivity contribution in [1.29, 1.82) is 0 Å². The Morgan fingerprint density at radius 3 is 2.64 bits per heavy atom. The molecular weight excluding hydrogens is 341 g/mol. The number of pyridine rings is 1. The van der Waals surface area contributed by atoms with E-state index < -0.39 is 0 Å². The average Bonchev–Trinajstić information content (AvgIpc) is 2.99. The van der Waals surface area contributed by atoms with E-state index in [0.717, 1.165) is 17.0 Å². The summed E-state index contributed by atoms with van der Waals surface area (Å²) >= 11 is 1.73. The van der Waals surface area contributed by atoms with Gasteiger partial charge in [0.05, 0.1) is 11.4 Å². The molecule has 0 saturated carbocycles. The lowest BCUT2D eigenvalue weighted by Gasteiger charge is -2.13. The molecule has 2 heterocycles. The number of aromatic nitrogens is 1. The second-order valence-electron chi connectivity index (χ2n) is 4.57. The molecule has 22 heavy (non-hydrogen) atoms. The number of amides is 1. The Kier molecular flexibility index (Phi) is 7.68. The summed E-state index contributed by atoms with van der Waals surface area (Å²) in [4.78, 5) is 16.3. The maximum Gasteiger partial charge on any atom is 0.242 e. The SMILES string of the molecule is Cl.Cl.O=C(Nc1ccccc1)C1CSC(c2cccnc2)N1. The first kappa shape index (κ1) is 18.8. The normalized spacial score (nSPS) is 19.6. The minimum atomic E-state index is -0.176. The van der Waals surface area contributed by atoms with Crippen molar-refractivity contribution >= 4 is 48.2 Å². The van der Waals surface area contributed by atoms with Gasteiger partial charge in [-0.3, -0.25) is 15.1 Å². The van der Waals surface area contributed by atoms with Crippen LogP contribution in [0.25, 0.3) is 0 Å². The van der Waals surface area contributed by atoms with Crippen molar-refractivity contribution < 1.29 is 4.79 Å². The van der Waals surface area contributed by atoms with Crippen LogP contribution in [0.5, 0.6) is 0 Å². The molecule has 3 rings (SSSR count). The van der Waals surface area contributed by atoms with Crippen LogP contribution >= 0.6 is 36.6 Å². The second kappa shape index (κ2) is 9.00. The summed E-state index contributed by atoms with van der Waals surface area (Å²) in [5.41, 5.74) is 1.93. The Morgan fingerprint density at radius 2 is 1.95 bits per heavy atom. The zero-order valence-corrected chi connectivity index (χ0v) is 14.1. The molecule has 2 N–H and O–H groups in total. The van der Waals surface area contributed by atoms with Crippen molar-refractivity contribution in [3.63, 3.8) is 0 Å². The van der Waals surface area contributed by atoms with Crippen LogP contribution in [0.15, 0.2) is 54.9 Å². The molecule has 1 amide bonds. The number of hydrogen-bond donors (Lipinski definition) is 2. The van der Waals surface area contributed by atoms with E-state index >= 15 is 0 Å². The number of rotatable bonds is 3. The Balaban J connectivity index is 0.00000121. The molecule has 1 aliphatic rings. The summed E-state index contributed by atoms with van der Waals surface area (Å²) in [7, 11) is 0. The van der Waals surface area contributed by atoms with Crippen LogP contribution in [0.1, 0.15) is 10.9 Å². The van der Waals surface area contributed by atoms with Crippen LogP contribution in [0.4, 0.5) is 5.69 Å². The number of thioether (sulfide) groups is 1. The van der Waals surface area contributed by atoms with Gasteiger partial charge in [0.15, 0.2) is 0 Å². The fourth-order valence-corrected chi connectivity index (χ4v) is 3.32. The number of carbonyl (C=O) groups is 1. The molecule has 2 unspecified atom stereocenters. The molecule has 0 bridgehead atoms. The van der Waals surface area contributed by atoms with Crippen LogP contribution < -0.4 is 10.6 Å². The van der Waals surface area contributed by atoms with E-state index in [9.17, 15) is 4.79 Å². The largest absolute Gasteiger partial charge is 0.325 e. The summed E-state index contributed by atoms with van der Waals surface area (Å²) in [6, 6.07) is 13.3. The monoisotopic (exact) mass is 357 g/mol. The van der Waals surface area contributed by atoms with Crippen LogP contribution in [0, 0.1) is 0 Å². The maximum atomic E-state index is 12.2. The highest BCUT2D eigenvalue weighted by molar-refractivity contribution is 7.99. The van der Waals surface area contributed by atoms with E-state index in [0.29, 0.717) is 0 Å². The molecule has 0 aliphatic carbocycles. The smallest absolute Gasteiger partial charge is 0.242 e. The van der Waals surface area contributed by atoms with E-state index in [-0.39, 0.29) is 42.1 Å². The first-order valence-corrected chi connectivity index (χ1v) is 7.51. The fraction of sp³-hybridized carbons (Fsp3) is 0.200. The number of hydrogen-bond acceptors (Lipinski definition) is 4. The summed E-state index contributed by atoms with van der Waals surface area (Å²) in [5.74, 6) is 0.771. The molecule has 7 heteroatoms. The molecule has 0 radical (unpaired) electrons. The summed E-state index contributed by atoms with van der Waals surface area (Å²) in [6.45, 7) is 0. The number of nitrogens with one attached hydrogen (secondary N) is 2. The lowest BCUT2D eigenvalue weighted by Crippen LogP contribution is -2.38. The predicted octanol–water partition coefficient (Wildman–Crippen LogP) is 3.27. The highest BCUT2D eigenvalue weighted by Gasteiger charge is 2.30. The van der Waals surface area contributed by atoms with Gasteiger partial charge in [0.2, 0.25) is 5.91 Å². The third kappa shape index (κ3) is 4.61. The summed E-state index contributed by atoms with van der Waals surface area (Å²) in [6.07, 6.45) is 3.59. The van der Waals surface area contributed by atoms with Crippen molar-refractivity contribution in [2.75, 3.05) is 11.1 Å².